The van der Waals surface area contributed by atoms with Crippen molar-refractivity contribution in [2.24, 2.45) is 0 Å². The number of rotatable bonds is 7. The smallest absolute Gasteiger partial charge is 0.257 e. The van der Waals surface area contributed by atoms with Crippen molar-refractivity contribution < 1.29 is 28.2 Å². The Balaban J connectivity index is 1.97. The Hall–Kier alpha value is -3.27. The predicted molar refractivity (Wildman–Crippen MR) is 111 cm³/mol. The standard InChI is InChI=1S/C22H25F2N3O5/c1-14-19(29)20(30)17(21(31)25-10-15-3-4-16(23)9-18(15)24)11-27(14)22(12-26(2)13-28)5-7-32-8-6-22/h3-4,9,11,13,29H,5-8,10,12H2,1-2H3,(H,25,31). The molecular formula is C22H25F2N3O5. The third-order valence-corrected chi connectivity index (χ3v) is 5.78. The van der Waals surface area contributed by atoms with E-state index in [9.17, 15) is 28.3 Å². The fraction of sp³-hybridized carbons (Fsp3) is 0.409. The van der Waals surface area contributed by atoms with Crippen molar-refractivity contribution in [3.63, 3.8) is 0 Å². The van der Waals surface area contributed by atoms with Crippen molar-refractivity contribution in [2.45, 2.75) is 31.8 Å². The molecule has 0 aliphatic carbocycles. The van der Waals surface area contributed by atoms with Crippen LogP contribution < -0.4 is 10.7 Å². The summed E-state index contributed by atoms with van der Waals surface area (Å²) in [5, 5.41) is 12.9. The Morgan fingerprint density at radius 2 is 2.03 bits per heavy atom. The summed E-state index contributed by atoms with van der Waals surface area (Å²) in [5.41, 5.74) is -1.57. The highest BCUT2D eigenvalue weighted by Crippen LogP contribution is 2.33. The van der Waals surface area contributed by atoms with Crippen LogP contribution in [0.2, 0.25) is 0 Å². The molecule has 1 aliphatic rings. The van der Waals surface area contributed by atoms with Gasteiger partial charge in [0.1, 0.15) is 17.2 Å². The molecule has 1 saturated heterocycles. The Labute approximate surface area is 183 Å². The molecule has 8 nitrogen and oxygen atoms in total. The van der Waals surface area contributed by atoms with Gasteiger partial charge in [-0.15, -0.1) is 0 Å². The van der Waals surface area contributed by atoms with Crippen LogP contribution >= 0.6 is 0 Å². The second kappa shape index (κ2) is 9.47. The molecule has 0 spiro atoms. The molecule has 2 N–H and O–H groups in total. The molecule has 1 aliphatic heterocycles. The fourth-order valence-electron chi connectivity index (χ4n) is 4.01. The largest absolute Gasteiger partial charge is 0.503 e. The molecule has 0 radical (unpaired) electrons. The zero-order valence-electron chi connectivity index (χ0n) is 17.9. The number of hydrogen-bond acceptors (Lipinski definition) is 5. The summed E-state index contributed by atoms with van der Waals surface area (Å²) in [6.07, 6.45) is 3.03. The lowest BCUT2D eigenvalue weighted by Gasteiger charge is -2.42. The molecule has 1 aromatic carbocycles. The number of likely N-dealkylation sites (N-methyl/N-ethyl adjacent to an activating group) is 1. The van der Waals surface area contributed by atoms with Crippen LogP contribution in [0.25, 0.3) is 0 Å². The van der Waals surface area contributed by atoms with Crippen molar-refractivity contribution in [1.82, 2.24) is 14.8 Å². The van der Waals surface area contributed by atoms with Crippen LogP contribution in [0.15, 0.2) is 29.2 Å². The lowest BCUT2D eigenvalue weighted by Crippen LogP contribution is -2.49. The van der Waals surface area contributed by atoms with E-state index >= 15 is 0 Å². The van der Waals surface area contributed by atoms with Gasteiger partial charge < -0.3 is 24.6 Å². The van der Waals surface area contributed by atoms with Crippen LogP contribution in [-0.4, -0.2) is 53.7 Å². The van der Waals surface area contributed by atoms with Crippen molar-refractivity contribution in [2.75, 3.05) is 26.8 Å². The SMILES string of the molecule is Cc1c(O)c(=O)c(C(=O)NCc2ccc(F)cc2F)cn1C1(CN(C)C=O)CCOCC1. The number of halogens is 2. The summed E-state index contributed by atoms with van der Waals surface area (Å²) in [7, 11) is 1.62. The number of aromatic hydroxyl groups is 1. The third-order valence-electron chi connectivity index (χ3n) is 5.78. The highest BCUT2D eigenvalue weighted by atomic mass is 19.1. The summed E-state index contributed by atoms with van der Waals surface area (Å²) < 4.78 is 34.1. The first-order chi connectivity index (χ1) is 15.2. The average Bonchev–Trinajstić information content (AvgIpc) is 2.77. The van der Waals surface area contributed by atoms with Gasteiger partial charge in [0.2, 0.25) is 11.8 Å². The number of ether oxygens (including phenoxy) is 1. The molecule has 2 amide bonds. The minimum atomic E-state index is -0.859. The van der Waals surface area contributed by atoms with Crippen LogP contribution in [0.5, 0.6) is 5.75 Å². The molecule has 0 atom stereocenters. The van der Waals surface area contributed by atoms with Crippen LogP contribution in [0.4, 0.5) is 8.78 Å². The second-order valence-electron chi connectivity index (χ2n) is 7.95. The number of benzene rings is 1. The van der Waals surface area contributed by atoms with Gasteiger partial charge in [-0.3, -0.25) is 14.4 Å². The van der Waals surface area contributed by atoms with E-state index in [4.69, 9.17) is 4.74 Å². The average molecular weight is 449 g/mol. The number of hydrogen-bond donors (Lipinski definition) is 2. The van der Waals surface area contributed by atoms with Crippen molar-refractivity contribution in [3.05, 3.63) is 63.1 Å². The van der Waals surface area contributed by atoms with Crippen LogP contribution in [0.1, 0.15) is 34.5 Å². The normalized spacial score (nSPS) is 15.2. The summed E-state index contributed by atoms with van der Waals surface area (Å²) in [6.45, 7) is 2.38. The van der Waals surface area contributed by atoms with Crippen molar-refractivity contribution in [3.8, 4) is 5.75 Å². The highest BCUT2D eigenvalue weighted by Gasteiger charge is 2.37. The van der Waals surface area contributed by atoms with Gasteiger partial charge in [0.25, 0.3) is 5.91 Å². The summed E-state index contributed by atoms with van der Waals surface area (Å²) >= 11 is 0. The minimum Gasteiger partial charge on any atom is -0.503 e. The van der Waals surface area contributed by atoms with Gasteiger partial charge in [-0.05, 0) is 25.8 Å². The topological polar surface area (TPSA) is 101 Å². The van der Waals surface area contributed by atoms with E-state index in [1.54, 1.807) is 18.5 Å². The monoisotopic (exact) mass is 449 g/mol. The zero-order valence-corrected chi connectivity index (χ0v) is 17.9. The summed E-state index contributed by atoms with van der Waals surface area (Å²) in [6, 6.07) is 2.96. The molecule has 3 rings (SSSR count). The lowest BCUT2D eigenvalue weighted by molar-refractivity contribution is -0.119. The molecule has 10 heteroatoms. The van der Waals surface area contributed by atoms with Gasteiger partial charge >= 0.3 is 0 Å². The molecular weight excluding hydrogens is 424 g/mol. The van der Waals surface area contributed by atoms with Crippen LogP contribution in [0, 0.1) is 18.6 Å². The van der Waals surface area contributed by atoms with Gasteiger partial charge in [0.05, 0.1) is 11.2 Å². The number of carbonyl (C=O) groups is 2. The van der Waals surface area contributed by atoms with Crippen LogP contribution in [-0.2, 0) is 21.6 Å². The van der Waals surface area contributed by atoms with E-state index in [1.807, 2.05) is 0 Å². The molecule has 32 heavy (non-hydrogen) atoms. The molecule has 2 heterocycles. The molecule has 1 aromatic heterocycles. The predicted octanol–water partition coefficient (Wildman–Crippen LogP) is 1.66. The van der Waals surface area contributed by atoms with E-state index in [0.29, 0.717) is 38.5 Å². The lowest BCUT2D eigenvalue weighted by atomic mass is 9.88. The first-order valence-corrected chi connectivity index (χ1v) is 10.1. The quantitative estimate of drug-likeness (QED) is 0.627. The molecule has 0 bridgehead atoms. The third kappa shape index (κ3) is 4.64. The fourth-order valence-corrected chi connectivity index (χ4v) is 4.01. The van der Waals surface area contributed by atoms with Gasteiger partial charge in [0, 0.05) is 51.2 Å². The maximum Gasteiger partial charge on any atom is 0.257 e. The Morgan fingerprint density at radius 3 is 2.66 bits per heavy atom. The Morgan fingerprint density at radius 1 is 1.34 bits per heavy atom. The van der Waals surface area contributed by atoms with E-state index in [1.165, 1.54) is 17.2 Å². The summed E-state index contributed by atoms with van der Waals surface area (Å²) in [4.78, 5) is 38.1. The summed E-state index contributed by atoms with van der Waals surface area (Å²) in [5.74, 6) is -2.96. The molecule has 2 aromatic rings. The molecule has 1 fully saturated rings. The number of amides is 2. The maximum atomic E-state index is 13.9. The Bertz CT molecular complexity index is 1080. The first kappa shape index (κ1) is 23.4. The van der Waals surface area contributed by atoms with Crippen molar-refractivity contribution >= 4 is 12.3 Å². The van der Waals surface area contributed by atoms with Gasteiger partial charge in [0.15, 0.2) is 5.75 Å². The number of nitrogens with zero attached hydrogens (tertiary/aromatic N) is 2. The van der Waals surface area contributed by atoms with E-state index in [0.717, 1.165) is 6.07 Å². The van der Waals surface area contributed by atoms with E-state index < -0.39 is 34.3 Å². The zero-order chi connectivity index (χ0) is 23.5. The molecule has 0 saturated carbocycles. The Kier molecular flexibility index (Phi) is 6.93. The molecule has 172 valence electrons. The first-order valence-electron chi connectivity index (χ1n) is 10.1. The second-order valence-corrected chi connectivity index (χ2v) is 7.95. The number of carbonyl (C=O) groups excluding carboxylic acids is 2. The van der Waals surface area contributed by atoms with Crippen LogP contribution in [0.3, 0.4) is 0 Å². The van der Waals surface area contributed by atoms with E-state index in [-0.39, 0.29) is 29.9 Å². The minimum absolute atomic E-state index is 0.0462. The number of pyridine rings is 1. The van der Waals surface area contributed by atoms with Gasteiger partial charge in [-0.2, -0.15) is 0 Å². The highest BCUT2D eigenvalue weighted by molar-refractivity contribution is 5.94. The van der Waals surface area contributed by atoms with Crippen molar-refractivity contribution in [1.29, 1.82) is 0 Å². The van der Waals surface area contributed by atoms with Gasteiger partial charge in [-0.1, -0.05) is 6.07 Å². The van der Waals surface area contributed by atoms with Gasteiger partial charge in [-0.25, -0.2) is 8.78 Å². The molecule has 0 unspecified atom stereocenters. The number of nitrogens with one attached hydrogen (secondary N) is 1. The maximum absolute atomic E-state index is 13.9. The van der Waals surface area contributed by atoms with E-state index in [2.05, 4.69) is 5.32 Å². The number of aromatic nitrogens is 1.